The summed E-state index contributed by atoms with van der Waals surface area (Å²) in [5.41, 5.74) is 0.328. The van der Waals surface area contributed by atoms with Crippen LogP contribution < -0.4 is 5.32 Å². The Labute approximate surface area is 103 Å². The zero-order valence-electron chi connectivity index (χ0n) is 9.65. The van der Waals surface area contributed by atoms with Crippen LogP contribution in [0.4, 0.5) is 14.5 Å². The number of rotatable bonds is 4. The van der Waals surface area contributed by atoms with E-state index in [1.54, 1.807) is 0 Å². The maximum atomic E-state index is 13.5. The third kappa shape index (κ3) is 3.17. The number of nitrogens with one attached hydrogen (secondary N) is 1. The Balaban J connectivity index is 2.89. The van der Waals surface area contributed by atoms with E-state index in [1.165, 1.54) is 6.07 Å². The van der Waals surface area contributed by atoms with E-state index in [1.807, 2.05) is 6.92 Å². The van der Waals surface area contributed by atoms with Gasteiger partial charge in [0, 0.05) is 16.6 Å². The summed E-state index contributed by atoms with van der Waals surface area (Å²) in [4.78, 5) is 0. The first-order valence-corrected chi connectivity index (χ1v) is 6.16. The van der Waals surface area contributed by atoms with Gasteiger partial charge >= 0.3 is 0 Å². The second-order valence-electron chi connectivity index (χ2n) is 4.06. The highest BCUT2D eigenvalue weighted by Gasteiger charge is 2.15. The maximum Gasteiger partial charge on any atom is 0.150 e. The van der Waals surface area contributed by atoms with Crippen molar-refractivity contribution in [2.45, 2.75) is 33.2 Å². The molecule has 1 N–H and O–H groups in total. The van der Waals surface area contributed by atoms with Crippen molar-refractivity contribution in [3.8, 4) is 0 Å². The summed E-state index contributed by atoms with van der Waals surface area (Å²) < 4.78 is 26.8. The summed E-state index contributed by atoms with van der Waals surface area (Å²) in [6.07, 6.45) is 1.01. The van der Waals surface area contributed by atoms with Crippen LogP contribution in [0.2, 0.25) is 0 Å². The van der Waals surface area contributed by atoms with Gasteiger partial charge in [0.2, 0.25) is 0 Å². The summed E-state index contributed by atoms with van der Waals surface area (Å²) in [6, 6.07) is 2.28. The van der Waals surface area contributed by atoms with E-state index >= 15 is 0 Å². The Morgan fingerprint density at radius 1 is 1.31 bits per heavy atom. The predicted octanol–water partition coefficient (Wildman–Crippen LogP) is 4.57. The molecule has 1 nitrogen and oxygen atoms in total. The monoisotopic (exact) mass is 291 g/mol. The number of hydrogen-bond acceptors (Lipinski definition) is 1. The molecular formula is C12H16BrF2N. The van der Waals surface area contributed by atoms with Gasteiger partial charge in [-0.25, -0.2) is 8.78 Å². The topological polar surface area (TPSA) is 12.0 Å². The van der Waals surface area contributed by atoms with Gasteiger partial charge in [-0.15, -0.1) is 0 Å². The fourth-order valence-corrected chi connectivity index (χ4v) is 1.93. The quantitative estimate of drug-likeness (QED) is 0.857. The molecule has 2 unspecified atom stereocenters. The summed E-state index contributed by atoms with van der Waals surface area (Å²) >= 11 is 3.15. The molecule has 0 spiro atoms. The van der Waals surface area contributed by atoms with Crippen molar-refractivity contribution in [2.75, 3.05) is 5.32 Å². The SMILES string of the molecule is CCC(C)C(C)Nc1c(F)cc(F)cc1Br. The molecule has 0 radical (unpaired) electrons. The number of anilines is 1. The van der Waals surface area contributed by atoms with Gasteiger partial charge < -0.3 is 5.32 Å². The first kappa shape index (κ1) is 13.4. The van der Waals surface area contributed by atoms with Crippen LogP contribution >= 0.6 is 15.9 Å². The summed E-state index contributed by atoms with van der Waals surface area (Å²) in [6.45, 7) is 6.16. The van der Waals surface area contributed by atoms with E-state index in [0.717, 1.165) is 12.5 Å². The molecule has 0 aliphatic carbocycles. The molecule has 1 aromatic rings. The second kappa shape index (κ2) is 5.62. The van der Waals surface area contributed by atoms with Gasteiger partial charge in [-0.3, -0.25) is 0 Å². The lowest BCUT2D eigenvalue weighted by molar-refractivity contribution is 0.490. The van der Waals surface area contributed by atoms with E-state index in [4.69, 9.17) is 0 Å². The van der Waals surface area contributed by atoms with Crippen LogP contribution in [0.1, 0.15) is 27.2 Å². The van der Waals surface area contributed by atoms with Crippen molar-refractivity contribution < 1.29 is 8.78 Å². The highest BCUT2D eigenvalue weighted by molar-refractivity contribution is 9.10. The molecular weight excluding hydrogens is 276 g/mol. The van der Waals surface area contributed by atoms with Crippen molar-refractivity contribution >= 4 is 21.6 Å². The zero-order valence-corrected chi connectivity index (χ0v) is 11.2. The minimum atomic E-state index is -0.578. The van der Waals surface area contributed by atoms with Gasteiger partial charge in [-0.2, -0.15) is 0 Å². The van der Waals surface area contributed by atoms with Crippen LogP contribution in [0.5, 0.6) is 0 Å². The average Bonchev–Trinajstić information content (AvgIpc) is 2.21. The van der Waals surface area contributed by atoms with E-state index in [2.05, 4.69) is 35.1 Å². The minimum Gasteiger partial charge on any atom is -0.379 e. The van der Waals surface area contributed by atoms with Gasteiger partial charge in [0.1, 0.15) is 11.6 Å². The lowest BCUT2D eigenvalue weighted by Crippen LogP contribution is -2.24. The molecule has 0 aromatic heterocycles. The Hall–Kier alpha value is -0.640. The van der Waals surface area contributed by atoms with Crippen LogP contribution in [0.3, 0.4) is 0 Å². The molecule has 16 heavy (non-hydrogen) atoms. The highest BCUT2D eigenvalue weighted by atomic mass is 79.9. The van der Waals surface area contributed by atoms with Gasteiger partial charge in [-0.1, -0.05) is 20.3 Å². The summed E-state index contributed by atoms with van der Waals surface area (Å²) in [5, 5.41) is 3.07. The third-order valence-electron chi connectivity index (χ3n) is 2.88. The molecule has 0 bridgehead atoms. The molecule has 0 saturated heterocycles. The number of hydrogen-bond donors (Lipinski definition) is 1. The molecule has 0 amide bonds. The van der Waals surface area contributed by atoms with Crippen molar-refractivity contribution in [3.63, 3.8) is 0 Å². The Bertz CT molecular complexity index is 345. The Morgan fingerprint density at radius 3 is 2.44 bits per heavy atom. The molecule has 90 valence electrons. The Morgan fingerprint density at radius 2 is 1.94 bits per heavy atom. The first-order chi connectivity index (χ1) is 7.45. The molecule has 0 aliphatic heterocycles. The van der Waals surface area contributed by atoms with Gasteiger partial charge in [0.05, 0.1) is 5.69 Å². The zero-order chi connectivity index (χ0) is 12.3. The highest BCUT2D eigenvalue weighted by Crippen LogP contribution is 2.28. The van der Waals surface area contributed by atoms with Crippen molar-refractivity contribution in [2.24, 2.45) is 5.92 Å². The smallest absolute Gasteiger partial charge is 0.150 e. The Kier molecular flexibility index (Phi) is 4.71. The van der Waals surface area contributed by atoms with Crippen molar-refractivity contribution in [1.82, 2.24) is 0 Å². The molecule has 4 heteroatoms. The normalized spacial score (nSPS) is 14.6. The van der Waals surface area contributed by atoms with Crippen LogP contribution in [-0.4, -0.2) is 6.04 Å². The first-order valence-electron chi connectivity index (χ1n) is 5.36. The van der Waals surface area contributed by atoms with E-state index in [0.29, 0.717) is 16.1 Å². The second-order valence-corrected chi connectivity index (χ2v) is 4.92. The van der Waals surface area contributed by atoms with Crippen LogP contribution in [0.15, 0.2) is 16.6 Å². The molecule has 1 aromatic carbocycles. The largest absolute Gasteiger partial charge is 0.379 e. The van der Waals surface area contributed by atoms with Crippen molar-refractivity contribution in [3.05, 3.63) is 28.2 Å². The van der Waals surface area contributed by atoms with Crippen LogP contribution in [0.25, 0.3) is 0 Å². The maximum absolute atomic E-state index is 13.5. The molecule has 0 fully saturated rings. The molecule has 0 saturated carbocycles. The third-order valence-corrected chi connectivity index (χ3v) is 3.50. The van der Waals surface area contributed by atoms with Crippen LogP contribution in [-0.2, 0) is 0 Å². The van der Waals surface area contributed by atoms with Gasteiger partial charge in [0.25, 0.3) is 0 Å². The van der Waals surface area contributed by atoms with E-state index in [-0.39, 0.29) is 6.04 Å². The molecule has 0 heterocycles. The number of halogens is 3. The van der Waals surface area contributed by atoms with Crippen molar-refractivity contribution in [1.29, 1.82) is 0 Å². The lowest BCUT2D eigenvalue weighted by Gasteiger charge is -2.22. The molecule has 0 aliphatic rings. The van der Waals surface area contributed by atoms with E-state index in [9.17, 15) is 8.78 Å². The fraction of sp³-hybridized carbons (Fsp3) is 0.500. The molecule has 2 atom stereocenters. The fourth-order valence-electron chi connectivity index (χ4n) is 1.40. The summed E-state index contributed by atoms with van der Waals surface area (Å²) in [7, 11) is 0. The standard InChI is InChI=1S/C12H16BrF2N/c1-4-7(2)8(3)16-12-10(13)5-9(14)6-11(12)15/h5-8,16H,4H2,1-3H3. The molecule has 1 rings (SSSR count). The summed E-state index contributed by atoms with van der Waals surface area (Å²) in [5.74, 6) is -0.718. The van der Waals surface area contributed by atoms with Gasteiger partial charge in [-0.05, 0) is 34.8 Å². The minimum absolute atomic E-state index is 0.140. The number of benzene rings is 1. The van der Waals surface area contributed by atoms with E-state index < -0.39 is 11.6 Å². The lowest BCUT2D eigenvalue weighted by atomic mass is 10.0. The van der Waals surface area contributed by atoms with Gasteiger partial charge in [0.15, 0.2) is 0 Å². The predicted molar refractivity (Wildman–Crippen MR) is 66.6 cm³/mol. The van der Waals surface area contributed by atoms with Crippen LogP contribution in [0, 0.1) is 17.6 Å². The average molecular weight is 292 g/mol.